The van der Waals surface area contributed by atoms with Crippen molar-refractivity contribution in [3.63, 3.8) is 0 Å². The van der Waals surface area contributed by atoms with Gasteiger partial charge in [-0.1, -0.05) is 36.4 Å². The van der Waals surface area contributed by atoms with Gasteiger partial charge in [0.1, 0.15) is 11.6 Å². The molecule has 4 aromatic rings. The van der Waals surface area contributed by atoms with Crippen molar-refractivity contribution in [2.45, 2.75) is 0 Å². The molecule has 0 aliphatic carbocycles. The average molecular weight is 315 g/mol. The van der Waals surface area contributed by atoms with Gasteiger partial charge in [0.15, 0.2) is 0 Å². The summed E-state index contributed by atoms with van der Waals surface area (Å²) in [4.78, 5) is 4.14. The lowest BCUT2D eigenvalue weighted by Crippen LogP contribution is -1.86. The first-order valence-corrected chi connectivity index (χ1v) is 7.64. The minimum atomic E-state index is -0.247. The number of aromatic hydroxyl groups is 1. The first-order chi connectivity index (χ1) is 11.7. The number of aromatic nitrogens is 1. The molecule has 0 atom stereocenters. The quantitative estimate of drug-likeness (QED) is 0.536. The minimum Gasteiger partial charge on any atom is -0.507 e. The Kier molecular flexibility index (Phi) is 3.47. The number of benzene rings is 3. The van der Waals surface area contributed by atoms with Gasteiger partial charge in [-0.05, 0) is 52.2 Å². The van der Waals surface area contributed by atoms with Crippen molar-refractivity contribution >= 4 is 10.8 Å². The Balaban J connectivity index is 1.90. The fourth-order valence-corrected chi connectivity index (χ4v) is 2.95. The predicted octanol–water partition coefficient (Wildman–Crippen LogP) is 5.41. The molecule has 1 heterocycles. The van der Waals surface area contributed by atoms with E-state index in [0.717, 1.165) is 33.0 Å². The van der Waals surface area contributed by atoms with Gasteiger partial charge in [0, 0.05) is 23.5 Å². The molecule has 0 unspecified atom stereocenters. The number of phenolic OH excluding ortho intramolecular Hbond substituents is 1. The van der Waals surface area contributed by atoms with E-state index in [9.17, 15) is 9.50 Å². The smallest absolute Gasteiger partial charge is 0.124 e. The number of hydrogen-bond donors (Lipinski definition) is 1. The van der Waals surface area contributed by atoms with Gasteiger partial charge in [0.05, 0.1) is 0 Å². The van der Waals surface area contributed by atoms with Gasteiger partial charge in [0.2, 0.25) is 0 Å². The van der Waals surface area contributed by atoms with Crippen LogP contribution in [0.4, 0.5) is 4.39 Å². The van der Waals surface area contributed by atoms with Crippen LogP contribution < -0.4 is 0 Å². The van der Waals surface area contributed by atoms with E-state index in [1.165, 1.54) is 12.1 Å². The molecule has 1 aromatic heterocycles. The van der Waals surface area contributed by atoms with Crippen LogP contribution in [0.2, 0.25) is 0 Å². The van der Waals surface area contributed by atoms with Crippen LogP contribution in [-0.2, 0) is 0 Å². The lowest BCUT2D eigenvalue weighted by atomic mass is 9.95. The van der Waals surface area contributed by atoms with Gasteiger partial charge in [-0.15, -0.1) is 0 Å². The topological polar surface area (TPSA) is 33.1 Å². The van der Waals surface area contributed by atoms with Crippen LogP contribution in [-0.4, -0.2) is 10.1 Å². The molecule has 1 N–H and O–H groups in total. The molecule has 116 valence electrons. The van der Waals surface area contributed by atoms with Crippen LogP contribution in [0.3, 0.4) is 0 Å². The summed E-state index contributed by atoms with van der Waals surface area (Å²) in [6.07, 6.45) is 3.45. The number of hydrogen-bond acceptors (Lipinski definition) is 2. The van der Waals surface area contributed by atoms with Crippen LogP contribution in [0.25, 0.3) is 33.0 Å². The summed E-state index contributed by atoms with van der Waals surface area (Å²) in [6.45, 7) is 0. The highest BCUT2D eigenvalue weighted by atomic mass is 19.1. The van der Waals surface area contributed by atoms with Gasteiger partial charge in [-0.2, -0.15) is 0 Å². The van der Waals surface area contributed by atoms with Gasteiger partial charge in [-0.3, -0.25) is 4.98 Å². The SMILES string of the molecule is Oc1ccc2cc(-c3ccc(F)cc3)ccc2c1-c1cccnc1. The van der Waals surface area contributed by atoms with E-state index < -0.39 is 0 Å². The van der Waals surface area contributed by atoms with Crippen molar-refractivity contribution in [1.29, 1.82) is 0 Å². The number of halogens is 1. The molecule has 0 aliphatic rings. The molecule has 3 heteroatoms. The Hall–Kier alpha value is -3.20. The highest BCUT2D eigenvalue weighted by Gasteiger charge is 2.10. The lowest BCUT2D eigenvalue weighted by molar-refractivity contribution is 0.478. The molecule has 0 spiro atoms. The zero-order valence-corrected chi connectivity index (χ0v) is 12.8. The Bertz CT molecular complexity index is 1010. The molecule has 0 fully saturated rings. The number of rotatable bonds is 2. The molecule has 0 radical (unpaired) electrons. The summed E-state index contributed by atoms with van der Waals surface area (Å²) in [5.74, 6) is -0.0200. The van der Waals surface area contributed by atoms with E-state index in [4.69, 9.17) is 0 Å². The summed E-state index contributed by atoms with van der Waals surface area (Å²) in [7, 11) is 0. The van der Waals surface area contributed by atoms with Crippen LogP contribution >= 0.6 is 0 Å². The Morgan fingerprint density at radius 3 is 2.33 bits per heavy atom. The zero-order chi connectivity index (χ0) is 16.5. The highest BCUT2D eigenvalue weighted by Crippen LogP contribution is 2.37. The number of nitrogens with zero attached hydrogens (tertiary/aromatic N) is 1. The van der Waals surface area contributed by atoms with E-state index in [1.807, 2.05) is 36.4 Å². The van der Waals surface area contributed by atoms with Gasteiger partial charge >= 0.3 is 0 Å². The Labute approximate surface area is 138 Å². The first-order valence-electron chi connectivity index (χ1n) is 7.64. The monoisotopic (exact) mass is 315 g/mol. The molecule has 0 saturated heterocycles. The maximum Gasteiger partial charge on any atom is 0.124 e. The fourth-order valence-electron chi connectivity index (χ4n) is 2.95. The summed E-state index contributed by atoms with van der Waals surface area (Å²) in [5, 5.41) is 12.3. The first kappa shape index (κ1) is 14.4. The molecule has 0 amide bonds. The zero-order valence-electron chi connectivity index (χ0n) is 12.8. The third-order valence-electron chi connectivity index (χ3n) is 4.13. The predicted molar refractivity (Wildman–Crippen MR) is 94.2 cm³/mol. The molecule has 0 bridgehead atoms. The average Bonchev–Trinajstić information content (AvgIpc) is 2.63. The van der Waals surface area contributed by atoms with E-state index in [0.29, 0.717) is 0 Å². The van der Waals surface area contributed by atoms with E-state index in [2.05, 4.69) is 4.98 Å². The van der Waals surface area contributed by atoms with Gasteiger partial charge in [-0.25, -0.2) is 4.39 Å². The largest absolute Gasteiger partial charge is 0.507 e. The maximum atomic E-state index is 13.1. The summed E-state index contributed by atoms with van der Waals surface area (Å²) < 4.78 is 13.1. The molecule has 3 aromatic carbocycles. The molecular formula is C21H14FNO. The summed E-state index contributed by atoms with van der Waals surface area (Å²) in [5.41, 5.74) is 3.60. The highest BCUT2D eigenvalue weighted by molar-refractivity contribution is 6.01. The number of phenols is 1. The minimum absolute atomic E-state index is 0.227. The second kappa shape index (κ2) is 5.78. The van der Waals surface area contributed by atoms with E-state index in [-0.39, 0.29) is 11.6 Å². The summed E-state index contributed by atoms with van der Waals surface area (Å²) >= 11 is 0. The van der Waals surface area contributed by atoms with E-state index >= 15 is 0 Å². The van der Waals surface area contributed by atoms with Crippen LogP contribution in [0.1, 0.15) is 0 Å². The van der Waals surface area contributed by atoms with Crippen molar-refractivity contribution in [2.75, 3.05) is 0 Å². The van der Waals surface area contributed by atoms with Crippen molar-refractivity contribution in [1.82, 2.24) is 4.98 Å². The lowest BCUT2D eigenvalue weighted by Gasteiger charge is -2.11. The van der Waals surface area contributed by atoms with E-state index in [1.54, 1.807) is 30.6 Å². The molecule has 24 heavy (non-hydrogen) atoms. The van der Waals surface area contributed by atoms with Crippen LogP contribution in [0.15, 0.2) is 79.1 Å². The molecule has 2 nitrogen and oxygen atoms in total. The Morgan fingerprint density at radius 1 is 0.792 bits per heavy atom. The maximum absolute atomic E-state index is 13.1. The summed E-state index contributed by atoms with van der Waals surface area (Å²) in [6, 6.07) is 19.8. The van der Waals surface area contributed by atoms with Gasteiger partial charge < -0.3 is 5.11 Å². The standard InChI is InChI=1S/C21H14FNO/c22-18-7-3-14(4-8-18)15-5-9-19-16(12-15)6-10-20(24)21(19)17-2-1-11-23-13-17/h1-13,24H. The van der Waals surface area contributed by atoms with Crippen molar-refractivity contribution in [2.24, 2.45) is 0 Å². The third-order valence-corrected chi connectivity index (χ3v) is 4.13. The molecule has 0 saturated carbocycles. The second-order valence-electron chi connectivity index (χ2n) is 5.64. The van der Waals surface area contributed by atoms with Crippen molar-refractivity contribution < 1.29 is 9.50 Å². The molecule has 4 rings (SSSR count). The normalized spacial score (nSPS) is 10.9. The number of pyridine rings is 1. The molecular weight excluding hydrogens is 301 g/mol. The van der Waals surface area contributed by atoms with Crippen LogP contribution in [0, 0.1) is 5.82 Å². The van der Waals surface area contributed by atoms with Gasteiger partial charge in [0.25, 0.3) is 0 Å². The third kappa shape index (κ3) is 2.50. The fraction of sp³-hybridized carbons (Fsp3) is 0. The Morgan fingerprint density at radius 2 is 1.58 bits per heavy atom. The second-order valence-corrected chi connectivity index (χ2v) is 5.64. The van der Waals surface area contributed by atoms with Crippen molar-refractivity contribution in [3.8, 4) is 28.0 Å². The van der Waals surface area contributed by atoms with Crippen LogP contribution in [0.5, 0.6) is 5.75 Å². The number of fused-ring (bicyclic) bond motifs is 1. The van der Waals surface area contributed by atoms with Crippen molar-refractivity contribution in [3.05, 3.63) is 84.9 Å². The molecule has 0 aliphatic heterocycles.